The van der Waals surface area contributed by atoms with Gasteiger partial charge in [-0.3, -0.25) is 4.98 Å². The molecular weight excluding hydrogens is 310 g/mol. The van der Waals surface area contributed by atoms with Crippen LogP contribution in [0.25, 0.3) is 22.2 Å². The number of nitrogens with zero attached hydrogens (tertiary/aromatic N) is 2. The van der Waals surface area contributed by atoms with Crippen LogP contribution in [-0.2, 0) is 7.05 Å². The summed E-state index contributed by atoms with van der Waals surface area (Å²) >= 11 is 0. The molecule has 0 aliphatic carbocycles. The maximum Gasteiger partial charge on any atom is 0.0980 e. The topological polar surface area (TPSA) is 50.1 Å². The first-order chi connectivity index (χ1) is 12.0. The summed E-state index contributed by atoms with van der Waals surface area (Å²) < 4.78 is 2.13. The lowest BCUT2D eigenvalue weighted by atomic mass is 9.95. The normalized spacial score (nSPS) is 12.6. The van der Waals surface area contributed by atoms with Crippen LogP contribution in [0.5, 0.6) is 0 Å². The second-order valence-electron chi connectivity index (χ2n) is 6.92. The highest BCUT2D eigenvalue weighted by Gasteiger charge is 2.17. The van der Waals surface area contributed by atoms with E-state index in [0.29, 0.717) is 0 Å². The molecule has 0 spiro atoms. The first-order valence-electron chi connectivity index (χ1n) is 8.85. The fraction of sp³-hybridized carbons (Fsp3) is 0.381. The van der Waals surface area contributed by atoms with E-state index in [1.807, 2.05) is 12.3 Å². The molecule has 2 heterocycles. The number of pyridine rings is 1. The number of anilines is 1. The predicted octanol–water partition coefficient (Wildman–Crippen LogP) is 4.35. The van der Waals surface area contributed by atoms with Gasteiger partial charge in [0.25, 0.3) is 0 Å². The van der Waals surface area contributed by atoms with Crippen LogP contribution in [0.2, 0.25) is 0 Å². The Morgan fingerprint density at radius 2 is 1.88 bits per heavy atom. The number of aryl methyl sites for hydroxylation is 4. The number of aliphatic hydroxyl groups is 1. The number of aromatic nitrogens is 2. The van der Waals surface area contributed by atoms with E-state index in [2.05, 4.69) is 67.9 Å². The number of nitrogens with one attached hydrogen (secondary N) is 1. The third kappa shape index (κ3) is 3.14. The first-order valence-corrected chi connectivity index (χ1v) is 8.85. The lowest BCUT2D eigenvalue weighted by Gasteiger charge is -2.17. The summed E-state index contributed by atoms with van der Waals surface area (Å²) in [6, 6.07) is 6.48. The van der Waals surface area contributed by atoms with Crippen molar-refractivity contribution in [2.45, 2.75) is 40.2 Å². The largest absolute Gasteiger partial charge is 0.394 e. The summed E-state index contributed by atoms with van der Waals surface area (Å²) in [6.45, 7) is 8.65. The van der Waals surface area contributed by atoms with E-state index in [1.54, 1.807) is 0 Å². The van der Waals surface area contributed by atoms with Crippen molar-refractivity contribution in [2.24, 2.45) is 7.05 Å². The minimum Gasteiger partial charge on any atom is -0.394 e. The van der Waals surface area contributed by atoms with Crippen molar-refractivity contribution in [1.82, 2.24) is 9.55 Å². The van der Waals surface area contributed by atoms with Crippen LogP contribution >= 0.6 is 0 Å². The zero-order valence-electron chi connectivity index (χ0n) is 15.7. The van der Waals surface area contributed by atoms with E-state index in [1.165, 1.54) is 22.3 Å². The van der Waals surface area contributed by atoms with Crippen molar-refractivity contribution in [1.29, 1.82) is 0 Å². The number of fused-ring (bicyclic) bond motifs is 1. The van der Waals surface area contributed by atoms with Crippen LogP contribution in [0.4, 0.5) is 5.69 Å². The minimum absolute atomic E-state index is 0.0480. The summed E-state index contributed by atoms with van der Waals surface area (Å²) in [4.78, 5) is 4.68. The lowest BCUT2D eigenvalue weighted by molar-refractivity contribution is 0.272. The molecule has 4 heteroatoms. The average molecular weight is 337 g/mol. The molecule has 0 saturated carbocycles. The van der Waals surface area contributed by atoms with Gasteiger partial charge in [0.15, 0.2) is 0 Å². The SMILES string of the molecule is CCC(CO)Nc1ccnc2c(-c3c(C)cc(C)cc3C)cn(C)c12. The van der Waals surface area contributed by atoms with Gasteiger partial charge in [-0.2, -0.15) is 0 Å². The fourth-order valence-corrected chi connectivity index (χ4v) is 3.73. The second-order valence-corrected chi connectivity index (χ2v) is 6.92. The molecular formula is C21H27N3O. The van der Waals surface area contributed by atoms with Crippen LogP contribution in [0.1, 0.15) is 30.0 Å². The Hall–Kier alpha value is -2.33. The van der Waals surface area contributed by atoms with Crippen LogP contribution in [0.3, 0.4) is 0 Å². The van der Waals surface area contributed by atoms with Gasteiger partial charge in [-0.25, -0.2) is 0 Å². The van der Waals surface area contributed by atoms with Gasteiger partial charge in [0.1, 0.15) is 0 Å². The molecule has 3 rings (SSSR count). The number of benzene rings is 1. The van der Waals surface area contributed by atoms with E-state index >= 15 is 0 Å². The Balaban J connectivity index is 2.20. The molecule has 3 aromatic rings. The molecule has 0 amide bonds. The zero-order chi connectivity index (χ0) is 18.1. The molecule has 0 fully saturated rings. The number of hydrogen-bond donors (Lipinski definition) is 2. The Labute approximate surface area is 149 Å². The maximum atomic E-state index is 9.53. The summed E-state index contributed by atoms with van der Waals surface area (Å²) in [6.07, 6.45) is 4.87. The highest BCUT2D eigenvalue weighted by molar-refractivity contribution is 6.00. The van der Waals surface area contributed by atoms with Crippen molar-refractivity contribution in [3.63, 3.8) is 0 Å². The molecule has 2 N–H and O–H groups in total. The van der Waals surface area contributed by atoms with E-state index < -0.39 is 0 Å². The third-order valence-electron chi connectivity index (χ3n) is 4.87. The third-order valence-corrected chi connectivity index (χ3v) is 4.87. The van der Waals surface area contributed by atoms with Gasteiger partial charge in [0.05, 0.1) is 23.3 Å². The van der Waals surface area contributed by atoms with Crippen molar-refractivity contribution >= 4 is 16.7 Å². The molecule has 0 radical (unpaired) electrons. The molecule has 1 unspecified atom stereocenters. The Morgan fingerprint density at radius 1 is 1.20 bits per heavy atom. The zero-order valence-corrected chi connectivity index (χ0v) is 15.7. The smallest absolute Gasteiger partial charge is 0.0980 e. The maximum absolute atomic E-state index is 9.53. The van der Waals surface area contributed by atoms with Gasteiger partial charge in [-0.15, -0.1) is 0 Å². The summed E-state index contributed by atoms with van der Waals surface area (Å²) in [7, 11) is 2.05. The molecule has 132 valence electrons. The van der Waals surface area contributed by atoms with Crippen molar-refractivity contribution in [3.8, 4) is 11.1 Å². The summed E-state index contributed by atoms with van der Waals surface area (Å²) in [5.74, 6) is 0. The second kappa shape index (κ2) is 6.89. The minimum atomic E-state index is 0.0480. The Morgan fingerprint density at radius 3 is 2.48 bits per heavy atom. The highest BCUT2D eigenvalue weighted by atomic mass is 16.3. The summed E-state index contributed by atoms with van der Waals surface area (Å²) in [5.41, 5.74) is 9.33. The molecule has 0 bridgehead atoms. The quantitative estimate of drug-likeness (QED) is 0.728. The van der Waals surface area contributed by atoms with Gasteiger partial charge in [0, 0.05) is 31.0 Å². The van der Waals surface area contributed by atoms with Gasteiger partial charge in [-0.05, 0) is 49.9 Å². The molecule has 2 aromatic heterocycles. The Bertz CT molecular complexity index is 884. The van der Waals surface area contributed by atoms with E-state index in [-0.39, 0.29) is 12.6 Å². The lowest BCUT2D eigenvalue weighted by Crippen LogP contribution is -2.22. The number of aliphatic hydroxyl groups excluding tert-OH is 1. The predicted molar refractivity (Wildman–Crippen MR) is 105 cm³/mol. The van der Waals surface area contributed by atoms with Gasteiger partial charge >= 0.3 is 0 Å². The molecule has 4 nitrogen and oxygen atoms in total. The Kier molecular flexibility index (Phi) is 4.82. The van der Waals surface area contributed by atoms with Crippen molar-refractivity contribution in [2.75, 3.05) is 11.9 Å². The number of rotatable bonds is 5. The van der Waals surface area contributed by atoms with Crippen LogP contribution in [0.15, 0.2) is 30.6 Å². The van der Waals surface area contributed by atoms with E-state index in [0.717, 1.165) is 28.7 Å². The monoisotopic (exact) mass is 337 g/mol. The molecule has 1 aromatic carbocycles. The molecule has 0 saturated heterocycles. The fourth-order valence-electron chi connectivity index (χ4n) is 3.73. The van der Waals surface area contributed by atoms with Crippen molar-refractivity contribution in [3.05, 3.63) is 47.3 Å². The molecule has 25 heavy (non-hydrogen) atoms. The summed E-state index contributed by atoms with van der Waals surface area (Å²) in [5, 5.41) is 13.0. The number of hydrogen-bond acceptors (Lipinski definition) is 3. The average Bonchev–Trinajstić information content (AvgIpc) is 2.89. The molecule has 0 aliphatic rings. The first kappa shape index (κ1) is 17.5. The standard InChI is InChI=1S/C21H27N3O/c1-6-16(12-25)23-18-7-8-22-20-17(11-24(5)21(18)20)19-14(3)9-13(2)10-15(19)4/h7-11,16,25H,6,12H2,1-5H3,(H,22,23). The van der Waals surface area contributed by atoms with Crippen LogP contribution in [-0.4, -0.2) is 27.3 Å². The van der Waals surface area contributed by atoms with E-state index in [9.17, 15) is 5.11 Å². The van der Waals surface area contributed by atoms with Crippen molar-refractivity contribution < 1.29 is 5.11 Å². The van der Waals surface area contributed by atoms with E-state index in [4.69, 9.17) is 0 Å². The van der Waals surface area contributed by atoms with Gasteiger partial charge in [0.2, 0.25) is 0 Å². The van der Waals surface area contributed by atoms with Crippen LogP contribution in [0, 0.1) is 20.8 Å². The molecule has 0 aliphatic heterocycles. The highest BCUT2D eigenvalue weighted by Crippen LogP contribution is 2.36. The molecule has 1 atom stereocenters. The van der Waals surface area contributed by atoms with Gasteiger partial charge < -0.3 is 15.0 Å². The van der Waals surface area contributed by atoms with Gasteiger partial charge in [-0.1, -0.05) is 24.6 Å². The van der Waals surface area contributed by atoms with Crippen LogP contribution < -0.4 is 5.32 Å².